The number of rotatable bonds is 5. The Bertz CT molecular complexity index is 1180. The number of aryl methyl sites for hydroxylation is 4. The molecule has 0 bridgehead atoms. The van der Waals surface area contributed by atoms with Gasteiger partial charge in [0.15, 0.2) is 11.4 Å². The fraction of sp³-hybridized carbons (Fsp3) is 0.259. The minimum Gasteiger partial charge on any atom is -0.375 e. The molecule has 1 N–H and O–H groups in total. The lowest BCUT2D eigenvalue weighted by Gasteiger charge is -2.23. The SMILES string of the molecule is Cc1ccc(CN2C(=O)[C@@](O)(CC(=O)c3cc(C)c(C)cc3C)c3ccccc32)cc1. The molecule has 3 aromatic carbocycles. The molecule has 4 heteroatoms. The largest absolute Gasteiger partial charge is 0.375 e. The van der Waals surface area contributed by atoms with Crippen molar-refractivity contribution < 1.29 is 14.7 Å². The molecule has 0 aliphatic carbocycles. The lowest BCUT2D eigenvalue weighted by Crippen LogP contribution is -2.41. The van der Waals surface area contributed by atoms with Crippen molar-refractivity contribution in [2.24, 2.45) is 0 Å². The van der Waals surface area contributed by atoms with E-state index in [4.69, 9.17) is 0 Å². The van der Waals surface area contributed by atoms with Crippen molar-refractivity contribution >= 4 is 17.4 Å². The van der Waals surface area contributed by atoms with Gasteiger partial charge in [0.05, 0.1) is 18.7 Å². The van der Waals surface area contributed by atoms with Gasteiger partial charge in [-0.05, 0) is 62.1 Å². The number of fused-ring (bicyclic) bond motifs is 1. The van der Waals surface area contributed by atoms with Crippen molar-refractivity contribution in [1.29, 1.82) is 0 Å². The Morgan fingerprint density at radius 3 is 2.26 bits per heavy atom. The molecule has 0 saturated carbocycles. The third-order valence-electron chi connectivity index (χ3n) is 6.26. The van der Waals surface area contributed by atoms with Crippen LogP contribution in [0.25, 0.3) is 0 Å². The number of benzene rings is 3. The van der Waals surface area contributed by atoms with E-state index in [-0.39, 0.29) is 12.2 Å². The van der Waals surface area contributed by atoms with E-state index in [2.05, 4.69) is 0 Å². The molecule has 1 aliphatic rings. The highest BCUT2D eigenvalue weighted by molar-refractivity contribution is 6.11. The highest BCUT2D eigenvalue weighted by Gasteiger charge is 2.50. The van der Waals surface area contributed by atoms with E-state index in [9.17, 15) is 14.7 Å². The maximum Gasteiger partial charge on any atom is 0.264 e. The highest BCUT2D eigenvalue weighted by Crippen LogP contribution is 2.43. The third-order valence-corrected chi connectivity index (χ3v) is 6.26. The Hall–Kier alpha value is -3.24. The second-order valence-corrected chi connectivity index (χ2v) is 8.61. The molecule has 1 atom stereocenters. The predicted octanol–water partition coefficient (Wildman–Crippen LogP) is 4.93. The molecule has 3 aromatic rings. The van der Waals surface area contributed by atoms with E-state index in [0.29, 0.717) is 23.4 Å². The molecule has 4 nitrogen and oxygen atoms in total. The summed E-state index contributed by atoms with van der Waals surface area (Å²) in [5.74, 6) is -0.687. The number of ketones is 1. The van der Waals surface area contributed by atoms with E-state index >= 15 is 0 Å². The summed E-state index contributed by atoms with van der Waals surface area (Å²) in [5.41, 5.74) is 4.91. The Kier molecular flexibility index (Phi) is 5.28. The molecular formula is C27H27NO3. The van der Waals surface area contributed by atoms with Crippen LogP contribution in [0.4, 0.5) is 5.69 Å². The van der Waals surface area contributed by atoms with Crippen molar-refractivity contribution in [2.45, 2.75) is 46.3 Å². The second-order valence-electron chi connectivity index (χ2n) is 8.61. The summed E-state index contributed by atoms with van der Waals surface area (Å²) in [6.45, 7) is 8.20. The van der Waals surface area contributed by atoms with Gasteiger partial charge in [0, 0.05) is 11.1 Å². The zero-order chi connectivity index (χ0) is 22.3. The lowest BCUT2D eigenvalue weighted by atomic mass is 9.86. The van der Waals surface area contributed by atoms with E-state index < -0.39 is 11.5 Å². The summed E-state index contributed by atoms with van der Waals surface area (Å²) < 4.78 is 0. The summed E-state index contributed by atoms with van der Waals surface area (Å²) in [5, 5.41) is 11.5. The Balaban J connectivity index is 1.69. The fourth-order valence-corrected chi connectivity index (χ4v) is 4.30. The van der Waals surface area contributed by atoms with Crippen LogP contribution in [0.5, 0.6) is 0 Å². The maximum atomic E-state index is 13.5. The van der Waals surface area contributed by atoms with Crippen LogP contribution < -0.4 is 4.90 Å². The zero-order valence-electron chi connectivity index (χ0n) is 18.4. The van der Waals surface area contributed by atoms with Crippen molar-refractivity contribution in [3.8, 4) is 0 Å². The summed E-state index contributed by atoms with van der Waals surface area (Å²) >= 11 is 0. The summed E-state index contributed by atoms with van der Waals surface area (Å²) in [6.07, 6.45) is -0.281. The zero-order valence-corrected chi connectivity index (χ0v) is 18.4. The first-order chi connectivity index (χ1) is 14.7. The van der Waals surface area contributed by atoms with Crippen LogP contribution in [0.1, 0.15) is 50.2 Å². The number of carbonyl (C=O) groups is 2. The van der Waals surface area contributed by atoms with E-state index in [0.717, 1.165) is 27.8 Å². The molecule has 1 aliphatic heterocycles. The average molecular weight is 414 g/mol. The summed E-state index contributed by atoms with van der Waals surface area (Å²) in [4.78, 5) is 28.3. The van der Waals surface area contributed by atoms with Crippen molar-refractivity contribution in [1.82, 2.24) is 0 Å². The Morgan fingerprint density at radius 1 is 0.903 bits per heavy atom. The van der Waals surface area contributed by atoms with E-state index in [1.807, 2.05) is 76.2 Å². The van der Waals surface area contributed by atoms with Gasteiger partial charge in [-0.1, -0.05) is 54.1 Å². The first-order valence-corrected chi connectivity index (χ1v) is 10.5. The molecule has 31 heavy (non-hydrogen) atoms. The van der Waals surface area contributed by atoms with E-state index in [1.165, 1.54) is 0 Å². The number of hydrogen-bond acceptors (Lipinski definition) is 3. The van der Waals surface area contributed by atoms with Gasteiger partial charge < -0.3 is 10.0 Å². The van der Waals surface area contributed by atoms with Crippen LogP contribution >= 0.6 is 0 Å². The molecule has 158 valence electrons. The quantitative estimate of drug-likeness (QED) is 0.604. The number of para-hydroxylation sites is 1. The summed E-state index contributed by atoms with van der Waals surface area (Å²) in [6, 6.07) is 19.0. The van der Waals surface area contributed by atoms with Crippen LogP contribution in [-0.2, 0) is 16.9 Å². The number of carbonyl (C=O) groups excluding carboxylic acids is 2. The van der Waals surface area contributed by atoms with Crippen LogP contribution in [0, 0.1) is 27.7 Å². The van der Waals surface area contributed by atoms with Crippen LogP contribution in [-0.4, -0.2) is 16.8 Å². The molecule has 0 radical (unpaired) electrons. The van der Waals surface area contributed by atoms with Gasteiger partial charge in [0.2, 0.25) is 0 Å². The topological polar surface area (TPSA) is 57.6 Å². The van der Waals surface area contributed by atoms with Gasteiger partial charge >= 0.3 is 0 Å². The van der Waals surface area contributed by atoms with Crippen molar-refractivity contribution in [2.75, 3.05) is 4.90 Å². The number of amides is 1. The normalized spacial score (nSPS) is 17.7. The average Bonchev–Trinajstić information content (AvgIpc) is 2.94. The smallest absolute Gasteiger partial charge is 0.264 e. The Morgan fingerprint density at radius 2 is 1.55 bits per heavy atom. The number of nitrogens with zero attached hydrogens (tertiary/aromatic N) is 1. The van der Waals surface area contributed by atoms with Gasteiger partial charge in [-0.15, -0.1) is 0 Å². The van der Waals surface area contributed by atoms with Gasteiger partial charge in [0.25, 0.3) is 5.91 Å². The summed E-state index contributed by atoms with van der Waals surface area (Å²) in [7, 11) is 0. The van der Waals surface area contributed by atoms with Gasteiger partial charge in [0.1, 0.15) is 0 Å². The van der Waals surface area contributed by atoms with Crippen LogP contribution in [0.2, 0.25) is 0 Å². The van der Waals surface area contributed by atoms with Crippen LogP contribution in [0.15, 0.2) is 60.7 Å². The Labute approximate surface area is 183 Å². The maximum absolute atomic E-state index is 13.5. The molecular weight excluding hydrogens is 386 g/mol. The number of Topliss-reactive ketones (excluding diaryl/α,β-unsaturated/α-hetero) is 1. The molecule has 1 amide bonds. The van der Waals surface area contributed by atoms with Gasteiger partial charge in [-0.3, -0.25) is 9.59 Å². The van der Waals surface area contributed by atoms with Crippen molar-refractivity contribution in [3.05, 3.63) is 99.6 Å². The lowest BCUT2D eigenvalue weighted by molar-refractivity contribution is -0.136. The second kappa shape index (κ2) is 7.78. The number of hydrogen-bond donors (Lipinski definition) is 1. The van der Waals surface area contributed by atoms with E-state index in [1.54, 1.807) is 17.0 Å². The molecule has 0 saturated heterocycles. The first kappa shape index (κ1) is 21.0. The standard InChI is InChI=1S/C27H27NO3/c1-17-9-11-21(12-10-17)16-28-24-8-6-5-7-23(24)27(31,26(28)30)15-25(29)22-14-19(3)18(2)13-20(22)4/h5-14,31H,15-16H2,1-4H3/t27-/m1/s1. The molecule has 0 unspecified atom stereocenters. The third kappa shape index (κ3) is 3.68. The molecule has 4 rings (SSSR count). The predicted molar refractivity (Wildman–Crippen MR) is 122 cm³/mol. The first-order valence-electron chi connectivity index (χ1n) is 10.5. The van der Waals surface area contributed by atoms with Crippen LogP contribution in [0.3, 0.4) is 0 Å². The minimum atomic E-state index is -1.87. The monoisotopic (exact) mass is 413 g/mol. The fourth-order valence-electron chi connectivity index (χ4n) is 4.30. The molecule has 0 fully saturated rings. The molecule has 0 spiro atoms. The van der Waals surface area contributed by atoms with Gasteiger partial charge in [-0.2, -0.15) is 0 Å². The van der Waals surface area contributed by atoms with Gasteiger partial charge in [-0.25, -0.2) is 0 Å². The number of anilines is 1. The minimum absolute atomic E-state index is 0.233. The number of aliphatic hydroxyl groups is 1. The molecule has 0 aromatic heterocycles. The molecule has 1 heterocycles. The van der Waals surface area contributed by atoms with Crippen molar-refractivity contribution in [3.63, 3.8) is 0 Å². The highest BCUT2D eigenvalue weighted by atomic mass is 16.3.